The summed E-state index contributed by atoms with van der Waals surface area (Å²) in [7, 11) is 0. The van der Waals surface area contributed by atoms with Crippen LogP contribution < -0.4 is 4.74 Å². The highest BCUT2D eigenvalue weighted by atomic mass is 16.7. The minimum Gasteiger partial charge on any atom is -0.464 e. The quantitative estimate of drug-likeness (QED) is 0.157. The van der Waals surface area contributed by atoms with E-state index in [0.717, 1.165) is 25.7 Å². The van der Waals surface area contributed by atoms with Gasteiger partial charge in [0.1, 0.15) is 5.75 Å². The third-order valence-electron chi connectivity index (χ3n) is 4.25. The van der Waals surface area contributed by atoms with Gasteiger partial charge in [0.05, 0.1) is 11.5 Å². The molecule has 0 saturated carbocycles. The molecular weight excluding hydrogens is 342 g/mol. The molecule has 0 aromatic heterocycles. The Morgan fingerprint density at radius 1 is 1.19 bits per heavy atom. The fraction of sp³-hybridized carbons (Fsp3) is 0.556. The Morgan fingerprint density at radius 3 is 2.46 bits per heavy atom. The lowest BCUT2D eigenvalue weighted by Crippen LogP contribution is -2.22. The average Bonchev–Trinajstić information content (AvgIpc) is 3.42. The number of esters is 2. The molecular formula is C18H23NO7. The largest absolute Gasteiger partial charge is 0.464 e. The number of nitrogens with zero attached hydrogens (tertiary/aromatic N) is 1. The van der Waals surface area contributed by atoms with Gasteiger partial charge in [0.15, 0.2) is 12.2 Å². The Bertz CT molecular complexity index is 643. The van der Waals surface area contributed by atoms with Crippen LogP contribution in [0.15, 0.2) is 24.3 Å². The Balaban J connectivity index is 1.67. The molecule has 1 aromatic carbocycles. The summed E-state index contributed by atoms with van der Waals surface area (Å²) < 4.78 is 15.2. The van der Waals surface area contributed by atoms with Gasteiger partial charge in [-0.3, -0.25) is 10.1 Å². The predicted molar refractivity (Wildman–Crippen MR) is 91.7 cm³/mol. The van der Waals surface area contributed by atoms with Crippen molar-refractivity contribution in [1.82, 2.24) is 0 Å². The average molecular weight is 365 g/mol. The topological polar surface area (TPSA) is 108 Å². The van der Waals surface area contributed by atoms with Gasteiger partial charge < -0.3 is 14.2 Å². The molecule has 0 bridgehead atoms. The van der Waals surface area contributed by atoms with Gasteiger partial charge in [0.25, 0.3) is 5.69 Å². The summed E-state index contributed by atoms with van der Waals surface area (Å²) in [6.07, 6.45) is 2.07. The molecule has 0 aliphatic carbocycles. The Hall–Kier alpha value is -2.48. The maximum absolute atomic E-state index is 11.9. The van der Waals surface area contributed by atoms with E-state index in [1.807, 2.05) is 0 Å². The number of epoxide rings is 1. The summed E-state index contributed by atoms with van der Waals surface area (Å²) in [6.45, 7) is 4.63. The fourth-order valence-electron chi connectivity index (χ4n) is 2.33. The molecule has 1 heterocycles. The molecule has 1 saturated heterocycles. The van der Waals surface area contributed by atoms with Crippen LogP contribution in [0, 0.1) is 16.0 Å². The Morgan fingerprint density at radius 2 is 1.85 bits per heavy atom. The van der Waals surface area contributed by atoms with Crippen LogP contribution in [-0.4, -0.2) is 35.7 Å². The molecule has 0 spiro atoms. The van der Waals surface area contributed by atoms with Gasteiger partial charge in [-0.15, -0.1) is 0 Å². The molecule has 1 aliphatic heterocycles. The third-order valence-corrected chi connectivity index (χ3v) is 4.25. The van der Waals surface area contributed by atoms with E-state index in [1.54, 1.807) is 0 Å². The van der Waals surface area contributed by atoms with Crippen molar-refractivity contribution in [2.75, 3.05) is 6.61 Å². The normalized spacial score (nSPS) is 19.5. The Labute approximate surface area is 151 Å². The molecule has 1 aromatic rings. The monoisotopic (exact) mass is 365 g/mol. The highest BCUT2D eigenvalue weighted by Crippen LogP contribution is 2.26. The second kappa shape index (κ2) is 9.28. The molecule has 8 nitrogen and oxygen atoms in total. The third kappa shape index (κ3) is 5.80. The number of ether oxygens (including phenoxy) is 3. The van der Waals surface area contributed by atoms with Crippen LogP contribution >= 0.6 is 0 Å². The molecule has 142 valence electrons. The number of nitro benzene ring substituents is 1. The standard InChI is InChI=1S/C18H23NO7/c1-3-12(2)6-4-5-11-24-17(20)15-16(26-15)18(21)25-14-9-7-13(8-10-14)19(22)23/h7-10,12,15-16H,3-6,11H2,1-2H3/t12?,15-,16-/m0/s1. The van der Waals surface area contributed by atoms with Gasteiger partial charge in [-0.25, -0.2) is 9.59 Å². The van der Waals surface area contributed by atoms with E-state index in [2.05, 4.69) is 13.8 Å². The molecule has 2 rings (SSSR count). The Kier molecular flexibility index (Phi) is 7.08. The number of non-ortho nitro benzene ring substituents is 1. The summed E-state index contributed by atoms with van der Waals surface area (Å²) in [6, 6.07) is 5.06. The van der Waals surface area contributed by atoms with E-state index in [-0.39, 0.29) is 11.4 Å². The smallest absolute Gasteiger partial charge is 0.344 e. The lowest BCUT2D eigenvalue weighted by molar-refractivity contribution is -0.384. The van der Waals surface area contributed by atoms with Crippen LogP contribution in [0.1, 0.15) is 39.5 Å². The molecule has 0 amide bonds. The maximum atomic E-state index is 11.9. The first-order valence-electron chi connectivity index (χ1n) is 8.70. The molecule has 3 atom stereocenters. The number of unbranched alkanes of at least 4 members (excludes halogenated alkanes) is 1. The number of hydrogen-bond donors (Lipinski definition) is 0. The summed E-state index contributed by atoms with van der Waals surface area (Å²) >= 11 is 0. The predicted octanol–water partition coefficient (Wildman–Crippen LogP) is 3.03. The van der Waals surface area contributed by atoms with Crippen molar-refractivity contribution >= 4 is 17.6 Å². The van der Waals surface area contributed by atoms with Crippen molar-refractivity contribution in [3.63, 3.8) is 0 Å². The van der Waals surface area contributed by atoms with Crippen molar-refractivity contribution in [3.8, 4) is 5.75 Å². The lowest BCUT2D eigenvalue weighted by atomic mass is 10.0. The van der Waals surface area contributed by atoms with Gasteiger partial charge in [-0.1, -0.05) is 26.7 Å². The minimum absolute atomic E-state index is 0.109. The van der Waals surface area contributed by atoms with Crippen molar-refractivity contribution in [2.45, 2.75) is 51.7 Å². The van der Waals surface area contributed by atoms with Gasteiger partial charge in [-0.05, 0) is 30.9 Å². The number of carbonyl (C=O) groups excluding carboxylic acids is 2. The van der Waals surface area contributed by atoms with E-state index in [0.29, 0.717) is 12.5 Å². The SMILES string of the molecule is CCC(C)CCCCOC(=O)[C@H]1O[C@@H]1C(=O)Oc1ccc([N+](=O)[O-])cc1. The molecule has 8 heteroatoms. The van der Waals surface area contributed by atoms with E-state index in [1.165, 1.54) is 24.3 Å². The van der Waals surface area contributed by atoms with Crippen molar-refractivity contribution in [1.29, 1.82) is 0 Å². The van der Waals surface area contributed by atoms with Crippen molar-refractivity contribution in [2.24, 2.45) is 5.92 Å². The highest BCUT2D eigenvalue weighted by molar-refractivity contribution is 5.90. The number of carbonyl (C=O) groups is 2. The van der Waals surface area contributed by atoms with Crippen LogP contribution in [0.4, 0.5) is 5.69 Å². The molecule has 0 radical (unpaired) electrons. The first kappa shape index (κ1) is 19.8. The molecule has 26 heavy (non-hydrogen) atoms. The fourth-order valence-corrected chi connectivity index (χ4v) is 2.33. The van der Waals surface area contributed by atoms with E-state index >= 15 is 0 Å². The van der Waals surface area contributed by atoms with E-state index in [9.17, 15) is 19.7 Å². The van der Waals surface area contributed by atoms with Gasteiger partial charge in [0.2, 0.25) is 0 Å². The summed E-state index contributed by atoms with van der Waals surface area (Å²) in [4.78, 5) is 33.7. The van der Waals surface area contributed by atoms with Crippen LogP contribution in [-0.2, 0) is 19.1 Å². The summed E-state index contributed by atoms with van der Waals surface area (Å²) in [5.74, 6) is -0.485. The van der Waals surface area contributed by atoms with Crippen molar-refractivity contribution < 1.29 is 28.7 Å². The summed E-state index contributed by atoms with van der Waals surface area (Å²) in [5, 5.41) is 10.6. The van der Waals surface area contributed by atoms with E-state index in [4.69, 9.17) is 14.2 Å². The minimum atomic E-state index is -0.988. The second-order valence-electron chi connectivity index (χ2n) is 6.33. The number of benzene rings is 1. The summed E-state index contributed by atoms with van der Waals surface area (Å²) in [5.41, 5.74) is -0.109. The van der Waals surface area contributed by atoms with E-state index < -0.39 is 29.1 Å². The van der Waals surface area contributed by atoms with Crippen LogP contribution in [0.2, 0.25) is 0 Å². The number of rotatable bonds is 10. The van der Waals surface area contributed by atoms with Gasteiger partial charge in [0, 0.05) is 12.1 Å². The van der Waals surface area contributed by atoms with Crippen LogP contribution in [0.25, 0.3) is 0 Å². The molecule has 1 fully saturated rings. The van der Waals surface area contributed by atoms with Crippen LogP contribution in [0.3, 0.4) is 0 Å². The highest BCUT2D eigenvalue weighted by Gasteiger charge is 2.53. The van der Waals surface area contributed by atoms with Crippen LogP contribution in [0.5, 0.6) is 5.75 Å². The zero-order valence-corrected chi connectivity index (χ0v) is 14.9. The number of hydrogen-bond acceptors (Lipinski definition) is 7. The molecule has 1 aliphatic rings. The second-order valence-corrected chi connectivity index (χ2v) is 6.33. The zero-order chi connectivity index (χ0) is 19.1. The van der Waals surface area contributed by atoms with Gasteiger partial charge in [-0.2, -0.15) is 0 Å². The zero-order valence-electron chi connectivity index (χ0n) is 14.9. The van der Waals surface area contributed by atoms with Gasteiger partial charge >= 0.3 is 11.9 Å². The lowest BCUT2D eigenvalue weighted by Gasteiger charge is -2.07. The first-order chi connectivity index (χ1) is 12.4. The van der Waals surface area contributed by atoms with Crippen molar-refractivity contribution in [3.05, 3.63) is 34.4 Å². The first-order valence-corrected chi connectivity index (χ1v) is 8.70. The molecule has 1 unspecified atom stereocenters. The molecule has 0 N–H and O–H groups in total. The maximum Gasteiger partial charge on any atom is 0.344 e. The number of nitro groups is 1.